The van der Waals surface area contributed by atoms with Crippen LogP contribution in [0.15, 0.2) is 34.9 Å². The highest BCUT2D eigenvalue weighted by atomic mass is 79.9. The zero-order valence-corrected chi connectivity index (χ0v) is 12.3. The van der Waals surface area contributed by atoms with Gasteiger partial charge in [0, 0.05) is 16.2 Å². The molecule has 100 valence electrons. The molecular weight excluding hydrogens is 309 g/mol. The van der Waals surface area contributed by atoms with Gasteiger partial charge in [0.25, 0.3) is 0 Å². The molecule has 0 saturated heterocycles. The number of halogens is 2. The first-order chi connectivity index (χ1) is 9.02. The van der Waals surface area contributed by atoms with Gasteiger partial charge in [0.2, 0.25) is 0 Å². The van der Waals surface area contributed by atoms with E-state index in [1.54, 1.807) is 12.3 Å². The summed E-state index contributed by atoms with van der Waals surface area (Å²) >= 11 is 3.39. The predicted molar refractivity (Wildman–Crippen MR) is 78.4 cm³/mol. The van der Waals surface area contributed by atoms with Crippen LogP contribution in [0.2, 0.25) is 0 Å². The second-order valence-corrected chi connectivity index (χ2v) is 5.23. The van der Waals surface area contributed by atoms with Gasteiger partial charge in [-0.3, -0.25) is 0 Å². The highest BCUT2D eigenvalue weighted by molar-refractivity contribution is 9.10. The quantitative estimate of drug-likeness (QED) is 0.912. The Labute approximate surface area is 120 Å². The van der Waals surface area contributed by atoms with Gasteiger partial charge in [-0.25, -0.2) is 9.37 Å². The molecule has 1 atom stereocenters. The van der Waals surface area contributed by atoms with Crippen LogP contribution in [0.1, 0.15) is 22.7 Å². The number of anilines is 1. The van der Waals surface area contributed by atoms with Crippen molar-refractivity contribution < 1.29 is 4.39 Å². The number of nitrogens with two attached hydrogens (primary N) is 1. The van der Waals surface area contributed by atoms with Crippen molar-refractivity contribution in [2.75, 3.05) is 12.8 Å². The highest BCUT2D eigenvalue weighted by Gasteiger charge is 2.18. The molecule has 19 heavy (non-hydrogen) atoms. The number of aryl methyl sites for hydroxylation is 1. The van der Waals surface area contributed by atoms with E-state index in [4.69, 9.17) is 5.73 Å². The van der Waals surface area contributed by atoms with Crippen molar-refractivity contribution in [2.24, 2.45) is 0 Å². The maximum absolute atomic E-state index is 13.2. The minimum absolute atomic E-state index is 0.137. The van der Waals surface area contributed by atoms with Crippen LogP contribution in [0.25, 0.3) is 0 Å². The second kappa shape index (κ2) is 5.67. The SMILES string of the molecule is CNC(c1ccc(F)cc1Br)c1cc(C)cnc1N. The van der Waals surface area contributed by atoms with Gasteiger partial charge in [-0.05, 0) is 43.3 Å². The van der Waals surface area contributed by atoms with Crippen LogP contribution in [0.4, 0.5) is 10.2 Å². The summed E-state index contributed by atoms with van der Waals surface area (Å²) < 4.78 is 13.9. The number of rotatable bonds is 3. The average Bonchev–Trinajstić information content (AvgIpc) is 2.36. The third-order valence-corrected chi connectivity index (χ3v) is 3.65. The molecule has 1 heterocycles. The summed E-state index contributed by atoms with van der Waals surface area (Å²) in [5.41, 5.74) is 8.78. The first-order valence-electron chi connectivity index (χ1n) is 5.87. The van der Waals surface area contributed by atoms with Crippen LogP contribution in [0.3, 0.4) is 0 Å². The van der Waals surface area contributed by atoms with Gasteiger partial charge < -0.3 is 11.1 Å². The van der Waals surface area contributed by atoms with Gasteiger partial charge in [-0.15, -0.1) is 0 Å². The maximum atomic E-state index is 13.2. The number of benzene rings is 1. The molecule has 0 radical (unpaired) electrons. The standard InChI is InChI=1S/C14H15BrFN3/c1-8-5-11(14(17)19-7-8)13(18-2)10-4-3-9(16)6-12(10)15/h3-7,13,18H,1-2H3,(H2,17,19). The molecule has 2 aromatic rings. The molecule has 0 aliphatic heterocycles. The van der Waals surface area contributed by atoms with Gasteiger partial charge in [0.1, 0.15) is 11.6 Å². The number of nitrogens with zero attached hydrogens (tertiary/aromatic N) is 1. The van der Waals surface area contributed by atoms with Crippen molar-refractivity contribution in [3.63, 3.8) is 0 Å². The third kappa shape index (κ3) is 2.93. The van der Waals surface area contributed by atoms with Crippen LogP contribution >= 0.6 is 15.9 Å². The van der Waals surface area contributed by atoms with E-state index >= 15 is 0 Å². The monoisotopic (exact) mass is 323 g/mol. The average molecular weight is 324 g/mol. The molecule has 0 aliphatic carbocycles. The fraction of sp³-hybridized carbons (Fsp3) is 0.214. The zero-order valence-electron chi connectivity index (χ0n) is 10.7. The van der Waals surface area contributed by atoms with Gasteiger partial charge in [-0.1, -0.05) is 22.0 Å². The van der Waals surface area contributed by atoms with E-state index < -0.39 is 0 Å². The minimum Gasteiger partial charge on any atom is -0.383 e. The zero-order chi connectivity index (χ0) is 14.0. The van der Waals surface area contributed by atoms with E-state index in [-0.39, 0.29) is 11.9 Å². The van der Waals surface area contributed by atoms with Gasteiger partial charge in [0.05, 0.1) is 6.04 Å². The largest absolute Gasteiger partial charge is 0.383 e. The van der Waals surface area contributed by atoms with Crippen molar-refractivity contribution in [3.8, 4) is 0 Å². The summed E-state index contributed by atoms with van der Waals surface area (Å²) in [6.45, 7) is 1.96. The van der Waals surface area contributed by atoms with E-state index in [2.05, 4.69) is 26.2 Å². The van der Waals surface area contributed by atoms with Crippen molar-refractivity contribution in [2.45, 2.75) is 13.0 Å². The Bertz CT molecular complexity index is 601. The van der Waals surface area contributed by atoms with E-state index in [0.717, 1.165) is 16.7 Å². The number of hydrogen-bond donors (Lipinski definition) is 2. The molecule has 1 unspecified atom stereocenters. The van der Waals surface area contributed by atoms with Crippen LogP contribution in [-0.2, 0) is 0 Å². The number of pyridine rings is 1. The molecule has 3 N–H and O–H groups in total. The maximum Gasteiger partial charge on any atom is 0.128 e. The highest BCUT2D eigenvalue weighted by Crippen LogP contribution is 2.31. The summed E-state index contributed by atoms with van der Waals surface area (Å²) in [4.78, 5) is 4.17. The van der Waals surface area contributed by atoms with E-state index in [0.29, 0.717) is 10.3 Å². The number of nitrogen functional groups attached to an aromatic ring is 1. The molecule has 0 fully saturated rings. The van der Waals surface area contributed by atoms with E-state index in [9.17, 15) is 4.39 Å². The van der Waals surface area contributed by atoms with Gasteiger partial charge >= 0.3 is 0 Å². The molecular formula is C14H15BrFN3. The normalized spacial score (nSPS) is 12.4. The molecule has 1 aromatic heterocycles. The first-order valence-corrected chi connectivity index (χ1v) is 6.66. The molecule has 1 aromatic carbocycles. The first kappa shape index (κ1) is 14.0. The second-order valence-electron chi connectivity index (χ2n) is 4.37. The molecule has 0 bridgehead atoms. The summed E-state index contributed by atoms with van der Waals surface area (Å²) in [6, 6.07) is 6.47. The van der Waals surface area contributed by atoms with E-state index in [1.165, 1.54) is 12.1 Å². The number of aromatic nitrogens is 1. The smallest absolute Gasteiger partial charge is 0.128 e. The molecule has 2 rings (SSSR count). The van der Waals surface area contributed by atoms with Crippen molar-refractivity contribution in [1.29, 1.82) is 0 Å². The Morgan fingerprint density at radius 2 is 2.05 bits per heavy atom. The summed E-state index contributed by atoms with van der Waals surface area (Å²) in [6.07, 6.45) is 1.73. The van der Waals surface area contributed by atoms with Gasteiger partial charge in [0.15, 0.2) is 0 Å². The van der Waals surface area contributed by atoms with Gasteiger partial charge in [-0.2, -0.15) is 0 Å². The number of hydrogen-bond acceptors (Lipinski definition) is 3. The lowest BCUT2D eigenvalue weighted by Crippen LogP contribution is -2.20. The third-order valence-electron chi connectivity index (χ3n) is 2.96. The lowest BCUT2D eigenvalue weighted by molar-refractivity contribution is 0.621. The van der Waals surface area contributed by atoms with Crippen molar-refractivity contribution >= 4 is 21.7 Å². The number of nitrogens with one attached hydrogen (secondary N) is 1. The van der Waals surface area contributed by atoms with Crippen LogP contribution < -0.4 is 11.1 Å². The van der Waals surface area contributed by atoms with Crippen LogP contribution in [0.5, 0.6) is 0 Å². The molecule has 0 spiro atoms. The van der Waals surface area contributed by atoms with Crippen LogP contribution in [0, 0.1) is 12.7 Å². The summed E-state index contributed by atoms with van der Waals surface area (Å²) in [5.74, 6) is 0.196. The molecule has 5 heteroatoms. The van der Waals surface area contributed by atoms with Crippen LogP contribution in [-0.4, -0.2) is 12.0 Å². The van der Waals surface area contributed by atoms with Crippen molar-refractivity contribution in [3.05, 3.63) is 57.4 Å². The lowest BCUT2D eigenvalue weighted by Gasteiger charge is -2.20. The molecule has 0 aliphatic rings. The molecule has 0 saturated carbocycles. The Kier molecular flexibility index (Phi) is 4.17. The Hall–Kier alpha value is -1.46. The predicted octanol–water partition coefficient (Wildman–Crippen LogP) is 3.18. The molecule has 0 amide bonds. The molecule has 3 nitrogen and oxygen atoms in total. The Morgan fingerprint density at radius 3 is 2.68 bits per heavy atom. The Balaban J connectivity index is 2.52. The topological polar surface area (TPSA) is 50.9 Å². The lowest BCUT2D eigenvalue weighted by atomic mass is 9.98. The Morgan fingerprint density at radius 1 is 1.32 bits per heavy atom. The fourth-order valence-corrected chi connectivity index (χ4v) is 2.63. The fourth-order valence-electron chi connectivity index (χ4n) is 2.05. The summed E-state index contributed by atoms with van der Waals surface area (Å²) in [7, 11) is 1.84. The van der Waals surface area contributed by atoms with E-state index in [1.807, 2.05) is 20.0 Å². The minimum atomic E-state index is -0.277. The summed E-state index contributed by atoms with van der Waals surface area (Å²) in [5, 5.41) is 3.19. The van der Waals surface area contributed by atoms with Crippen molar-refractivity contribution in [1.82, 2.24) is 10.3 Å².